The van der Waals surface area contributed by atoms with E-state index in [2.05, 4.69) is 16.0 Å². The van der Waals surface area contributed by atoms with Crippen LogP contribution in [0.15, 0.2) is 65.8 Å². The van der Waals surface area contributed by atoms with E-state index in [9.17, 15) is 5.26 Å². The number of hydrogen-bond acceptors (Lipinski definition) is 6. The van der Waals surface area contributed by atoms with Crippen molar-refractivity contribution >= 4 is 17.6 Å². The Morgan fingerprint density at radius 1 is 1.00 bits per heavy atom. The molecule has 0 radical (unpaired) electrons. The number of nitrogens with zero attached hydrogens (tertiary/aromatic N) is 3. The molecule has 0 spiro atoms. The van der Waals surface area contributed by atoms with E-state index in [1.807, 2.05) is 60.7 Å². The van der Waals surface area contributed by atoms with Crippen molar-refractivity contribution in [2.75, 3.05) is 5.73 Å². The monoisotopic (exact) mass is 348 g/mol. The third-order valence-electron chi connectivity index (χ3n) is 3.43. The molecule has 3 aromatic rings. The van der Waals surface area contributed by atoms with Crippen molar-refractivity contribution in [2.24, 2.45) is 0 Å². The zero-order chi connectivity index (χ0) is 17.5. The van der Waals surface area contributed by atoms with Crippen molar-refractivity contribution in [3.63, 3.8) is 0 Å². The zero-order valence-corrected chi connectivity index (χ0v) is 14.2. The van der Waals surface area contributed by atoms with Gasteiger partial charge in [0.15, 0.2) is 5.16 Å². The van der Waals surface area contributed by atoms with E-state index < -0.39 is 0 Å². The van der Waals surface area contributed by atoms with Gasteiger partial charge in [-0.05, 0) is 17.7 Å². The van der Waals surface area contributed by atoms with E-state index in [1.165, 1.54) is 17.3 Å². The molecule has 0 aliphatic carbocycles. The average molecular weight is 348 g/mol. The summed E-state index contributed by atoms with van der Waals surface area (Å²) in [6.07, 6.45) is 0. The Kier molecular flexibility index (Phi) is 5.50. The van der Waals surface area contributed by atoms with Gasteiger partial charge in [-0.3, -0.25) is 0 Å². The predicted octanol–water partition coefficient (Wildman–Crippen LogP) is 3.80. The molecule has 0 fully saturated rings. The molecule has 25 heavy (non-hydrogen) atoms. The lowest BCUT2D eigenvalue weighted by Crippen LogP contribution is -2.08. The van der Waals surface area contributed by atoms with Crippen LogP contribution in [-0.4, -0.2) is 9.97 Å². The van der Waals surface area contributed by atoms with Gasteiger partial charge in [0.2, 0.25) is 0 Å². The van der Waals surface area contributed by atoms with Crippen molar-refractivity contribution in [2.45, 2.75) is 17.5 Å². The molecule has 0 bridgehead atoms. The summed E-state index contributed by atoms with van der Waals surface area (Å²) in [7, 11) is 0. The Balaban J connectivity index is 1.76. The van der Waals surface area contributed by atoms with Gasteiger partial charge in [0.25, 0.3) is 0 Å². The highest BCUT2D eigenvalue weighted by Crippen LogP contribution is 2.23. The van der Waals surface area contributed by atoms with E-state index in [4.69, 9.17) is 10.5 Å². The number of ether oxygens (including phenoxy) is 1. The first-order valence-corrected chi connectivity index (χ1v) is 8.66. The highest BCUT2D eigenvalue weighted by atomic mass is 32.2. The smallest absolute Gasteiger partial charge is 0.190 e. The van der Waals surface area contributed by atoms with Crippen LogP contribution in [0.1, 0.15) is 16.8 Å². The maximum absolute atomic E-state index is 9.32. The molecule has 2 aromatic carbocycles. The molecular weight excluding hydrogens is 332 g/mol. The third kappa shape index (κ3) is 4.49. The number of hydrogen-bond donors (Lipinski definition) is 1. The van der Waals surface area contributed by atoms with Gasteiger partial charge in [0.1, 0.15) is 35.5 Å². The summed E-state index contributed by atoms with van der Waals surface area (Å²) >= 11 is 1.48. The summed E-state index contributed by atoms with van der Waals surface area (Å²) in [6.45, 7) is 0.165. The lowest BCUT2D eigenvalue weighted by molar-refractivity contribution is 0.299. The van der Waals surface area contributed by atoms with Gasteiger partial charge < -0.3 is 10.5 Å². The van der Waals surface area contributed by atoms with Gasteiger partial charge in [-0.25, -0.2) is 9.97 Å². The molecule has 1 heterocycles. The molecule has 0 amide bonds. The molecule has 0 saturated carbocycles. The molecule has 5 nitrogen and oxygen atoms in total. The number of para-hydroxylation sites is 1. The van der Waals surface area contributed by atoms with Gasteiger partial charge in [0.05, 0.1) is 0 Å². The van der Waals surface area contributed by atoms with E-state index in [0.717, 1.165) is 5.75 Å². The molecule has 0 saturated heterocycles. The summed E-state index contributed by atoms with van der Waals surface area (Å²) in [4.78, 5) is 8.69. The Labute approximate surface area is 150 Å². The van der Waals surface area contributed by atoms with E-state index in [-0.39, 0.29) is 18.0 Å². The molecular formula is C19H16N4OS. The molecule has 0 atom stereocenters. The molecule has 3 rings (SSSR count). The van der Waals surface area contributed by atoms with Crippen LogP contribution in [0.2, 0.25) is 0 Å². The Hall–Kier alpha value is -3.04. The number of rotatable bonds is 6. The first-order chi connectivity index (χ1) is 12.3. The van der Waals surface area contributed by atoms with Gasteiger partial charge in [0, 0.05) is 5.75 Å². The average Bonchev–Trinajstić information content (AvgIpc) is 2.66. The van der Waals surface area contributed by atoms with Crippen molar-refractivity contribution in [3.8, 4) is 11.8 Å². The number of nitrogens with two attached hydrogens (primary N) is 1. The van der Waals surface area contributed by atoms with Crippen molar-refractivity contribution in [1.29, 1.82) is 5.26 Å². The topological polar surface area (TPSA) is 84.8 Å². The standard InChI is InChI=1S/C19H16N4OS/c20-11-16-17(12-24-15-9-5-2-6-10-15)22-19(23-18(16)21)25-13-14-7-3-1-4-8-14/h1-10H,12-13H2,(H2,21,22,23). The number of aromatic nitrogens is 2. The molecule has 0 aliphatic heterocycles. The minimum atomic E-state index is 0.165. The summed E-state index contributed by atoms with van der Waals surface area (Å²) in [5.74, 6) is 1.62. The number of nitrogen functional groups attached to an aromatic ring is 1. The van der Waals surface area contributed by atoms with Crippen molar-refractivity contribution in [1.82, 2.24) is 9.97 Å². The van der Waals surface area contributed by atoms with Gasteiger partial charge in [-0.15, -0.1) is 0 Å². The lowest BCUT2D eigenvalue weighted by atomic mass is 10.2. The lowest BCUT2D eigenvalue weighted by Gasteiger charge is -2.10. The Morgan fingerprint density at radius 3 is 2.36 bits per heavy atom. The summed E-state index contributed by atoms with van der Waals surface area (Å²) in [5.41, 5.74) is 7.85. The fourth-order valence-corrected chi connectivity index (χ4v) is 3.01. The van der Waals surface area contributed by atoms with Crippen LogP contribution in [0.25, 0.3) is 0 Å². The molecule has 0 aliphatic rings. The summed E-state index contributed by atoms with van der Waals surface area (Å²) in [6, 6.07) is 21.5. The number of anilines is 1. The molecule has 2 N–H and O–H groups in total. The van der Waals surface area contributed by atoms with Crippen LogP contribution in [0.5, 0.6) is 5.75 Å². The van der Waals surface area contributed by atoms with Crippen LogP contribution in [-0.2, 0) is 12.4 Å². The SMILES string of the molecule is N#Cc1c(N)nc(SCc2ccccc2)nc1COc1ccccc1. The molecule has 6 heteroatoms. The summed E-state index contributed by atoms with van der Waals surface area (Å²) < 4.78 is 5.70. The molecule has 0 unspecified atom stereocenters. The van der Waals surface area contributed by atoms with Gasteiger partial charge >= 0.3 is 0 Å². The maximum Gasteiger partial charge on any atom is 0.190 e. The Bertz CT molecular complexity index is 879. The van der Waals surface area contributed by atoms with Crippen LogP contribution in [0, 0.1) is 11.3 Å². The van der Waals surface area contributed by atoms with Crippen LogP contribution >= 0.6 is 11.8 Å². The van der Waals surface area contributed by atoms with E-state index in [0.29, 0.717) is 16.6 Å². The highest BCUT2D eigenvalue weighted by molar-refractivity contribution is 7.98. The zero-order valence-electron chi connectivity index (χ0n) is 13.4. The van der Waals surface area contributed by atoms with E-state index in [1.54, 1.807) is 0 Å². The maximum atomic E-state index is 9.32. The molecule has 1 aromatic heterocycles. The highest BCUT2D eigenvalue weighted by Gasteiger charge is 2.13. The minimum absolute atomic E-state index is 0.165. The van der Waals surface area contributed by atoms with Gasteiger partial charge in [-0.1, -0.05) is 60.3 Å². The second-order valence-electron chi connectivity index (χ2n) is 5.20. The van der Waals surface area contributed by atoms with Crippen LogP contribution in [0.4, 0.5) is 5.82 Å². The van der Waals surface area contributed by atoms with Crippen molar-refractivity contribution < 1.29 is 4.74 Å². The number of nitriles is 1. The number of thioether (sulfide) groups is 1. The Morgan fingerprint density at radius 2 is 1.68 bits per heavy atom. The first-order valence-electron chi connectivity index (χ1n) is 7.67. The van der Waals surface area contributed by atoms with Crippen molar-refractivity contribution in [3.05, 3.63) is 77.5 Å². The molecule has 124 valence electrons. The number of benzene rings is 2. The van der Waals surface area contributed by atoms with E-state index >= 15 is 0 Å². The largest absolute Gasteiger partial charge is 0.487 e. The van der Waals surface area contributed by atoms with Crippen LogP contribution < -0.4 is 10.5 Å². The second kappa shape index (κ2) is 8.18. The first kappa shape index (κ1) is 16.8. The normalized spacial score (nSPS) is 10.2. The fourth-order valence-electron chi connectivity index (χ4n) is 2.18. The summed E-state index contributed by atoms with van der Waals surface area (Å²) in [5, 5.41) is 9.86. The fraction of sp³-hybridized carbons (Fsp3) is 0.105. The van der Waals surface area contributed by atoms with Gasteiger partial charge in [-0.2, -0.15) is 5.26 Å². The quantitative estimate of drug-likeness (QED) is 0.539. The van der Waals surface area contributed by atoms with Crippen LogP contribution in [0.3, 0.4) is 0 Å². The third-order valence-corrected chi connectivity index (χ3v) is 4.35. The second-order valence-corrected chi connectivity index (χ2v) is 6.14. The minimum Gasteiger partial charge on any atom is -0.487 e. The predicted molar refractivity (Wildman–Crippen MR) is 97.9 cm³/mol.